The van der Waals surface area contributed by atoms with Gasteiger partial charge in [0.1, 0.15) is 10.7 Å². The van der Waals surface area contributed by atoms with Gasteiger partial charge in [-0.05, 0) is 43.4 Å². The highest BCUT2D eigenvalue weighted by Crippen LogP contribution is 2.20. The second-order valence-electron chi connectivity index (χ2n) is 6.44. The number of amides is 1. The van der Waals surface area contributed by atoms with Gasteiger partial charge < -0.3 is 19.9 Å². The monoisotopic (exact) mass is 403 g/mol. The third-order valence-electron chi connectivity index (χ3n) is 4.41. The van der Waals surface area contributed by atoms with Gasteiger partial charge in [-0.2, -0.15) is 0 Å². The molecule has 1 heterocycles. The summed E-state index contributed by atoms with van der Waals surface area (Å²) in [6, 6.07) is 14.6. The molecule has 1 N–H and O–H groups in total. The smallest absolute Gasteiger partial charge is 0.262 e. The number of anilines is 1. The van der Waals surface area contributed by atoms with Gasteiger partial charge in [0, 0.05) is 31.7 Å². The van der Waals surface area contributed by atoms with Crippen molar-refractivity contribution in [3.05, 3.63) is 59.1 Å². The summed E-state index contributed by atoms with van der Waals surface area (Å²) in [5, 5.41) is 3.22. The molecule has 1 fully saturated rings. The molecule has 1 amide bonds. The van der Waals surface area contributed by atoms with E-state index in [2.05, 4.69) is 22.2 Å². The molecule has 0 aliphatic carbocycles. The maximum Gasteiger partial charge on any atom is 0.262 e. The number of carbonyl (C=O) groups is 1. The molecule has 0 aromatic heterocycles. The Labute approximate surface area is 169 Å². The first-order valence-corrected chi connectivity index (χ1v) is 9.56. The lowest BCUT2D eigenvalue weighted by molar-refractivity contribution is -0.118. The van der Waals surface area contributed by atoms with Gasteiger partial charge in [-0.1, -0.05) is 36.0 Å². The predicted octanol–water partition coefficient (Wildman–Crippen LogP) is 3.28. The van der Waals surface area contributed by atoms with Gasteiger partial charge in [-0.25, -0.2) is 0 Å². The number of piperazine rings is 1. The molecule has 0 atom stereocenters. The van der Waals surface area contributed by atoms with Crippen molar-refractivity contribution in [2.45, 2.75) is 0 Å². The minimum Gasteiger partial charge on any atom is -0.484 e. The molecule has 2 aromatic rings. The van der Waals surface area contributed by atoms with Gasteiger partial charge in [0.15, 0.2) is 6.61 Å². The van der Waals surface area contributed by atoms with Crippen LogP contribution in [0.4, 0.5) is 5.69 Å². The first-order valence-electron chi connectivity index (χ1n) is 8.78. The summed E-state index contributed by atoms with van der Waals surface area (Å²) in [4.78, 5) is 17.4. The number of benzene rings is 2. The minimum atomic E-state index is -0.264. The number of thiocarbonyl (C=S) groups is 1. The molecule has 0 saturated carbocycles. The minimum absolute atomic E-state index is 0.0898. The van der Waals surface area contributed by atoms with E-state index in [0.717, 1.165) is 36.7 Å². The highest BCUT2D eigenvalue weighted by molar-refractivity contribution is 7.80. The van der Waals surface area contributed by atoms with Gasteiger partial charge in [0.05, 0.1) is 10.7 Å². The molecular formula is C20H22ClN3O2S. The van der Waals surface area contributed by atoms with Crippen LogP contribution in [-0.2, 0) is 4.79 Å². The van der Waals surface area contributed by atoms with Crippen LogP contribution in [0, 0.1) is 0 Å². The van der Waals surface area contributed by atoms with E-state index in [4.69, 9.17) is 28.6 Å². The van der Waals surface area contributed by atoms with Crippen molar-refractivity contribution >= 4 is 40.4 Å². The molecule has 1 aliphatic heterocycles. The van der Waals surface area contributed by atoms with E-state index in [0.29, 0.717) is 16.5 Å². The van der Waals surface area contributed by atoms with E-state index in [1.165, 1.54) is 0 Å². The summed E-state index contributed by atoms with van der Waals surface area (Å²) in [5.74, 6) is 0.356. The molecule has 1 aliphatic rings. The molecule has 0 radical (unpaired) electrons. The topological polar surface area (TPSA) is 44.8 Å². The summed E-state index contributed by atoms with van der Waals surface area (Å²) < 4.78 is 5.56. The third-order valence-corrected chi connectivity index (χ3v) is 5.23. The van der Waals surface area contributed by atoms with Crippen LogP contribution in [0.1, 0.15) is 5.56 Å². The first-order chi connectivity index (χ1) is 13.0. The maximum absolute atomic E-state index is 12.0. The second kappa shape index (κ2) is 9.17. The van der Waals surface area contributed by atoms with Crippen molar-refractivity contribution in [2.75, 3.05) is 45.2 Å². The highest BCUT2D eigenvalue weighted by Gasteiger charge is 2.17. The van der Waals surface area contributed by atoms with Crippen molar-refractivity contribution in [2.24, 2.45) is 0 Å². The zero-order valence-corrected chi connectivity index (χ0v) is 16.7. The Morgan fingerprint density at radius 2 is 1.78 bits per heavy atom. The molecule has 2 aromatic carbocycles. The summed E-state index contributed by atoms with van der Waals surface area (Å²) >= 11 is 11.6. The largest absolute Gasteiger partial charge is 0.484 e. The Morgan fingerprint density at radius 1 is 1.11 bits per heavy atom. The van der Waals surface area contributed by atoms with Crippen molar-refractivity contribution in [1.82, 2.24) is 9.80 Å². The number of halogens is 1. The molecule has 0 bridgehead atoms. The standard InChI is InChI=1S/C20H22ClN3O2S/c1-23-10-12-24(13-11-23)20(27)15-6-8-16(9-7-15)26-14-19(25)22-18-5-3-2-4-17(18)21/h2-9H,10-14H2,1H3,(H,22,25). The van der Waals surface area contributed by atoms with Crippen LogP contribution < -0.4 is 10.1 Å². The zero-order chi connectivity index (χ0) is 19.2. The average molecular weight is 404 g/mol. The van der Waals surface area contributed by atoms with Crippen LogP contribution in [0.2, 0.25) is 5.02 Å². The number of ether oxygens (including phenoxy) is 1. The Kier molecular flexibility index (Phi) is 6.66. The van der Waals surface area contributed by atoms with E-state index in [1.807, 2.05) is 36.4 Å². The number of nitrogens with one attached hydrogen (secondary N) is 1. The van der Waals surface area contributed by atoms with Crippen LogP contribution >= 0.6 is 23.8 Å². The number of hydrogen-bond donors (Lipinski definition) is 1. The summed E-state index contributed by atoms with van der Waals surface area (Å²) in [5.41, 5.74) is 1.56. The van der Waals surface area contributed by atoms with Gasteiger partial charge in [-0.3, -0.25) is 4.79 Å². The molecule has 1 saturated heterocycles. The molecule has 142 valence electrons. The summed E-state index contributed by atoms with van der Waals surface area (Å²) in [6.45, 7) is 3.82. The maximum atomic E-state index is 12.0. The fourth-order valence-electron chi connectivity index (χ4n) is 2.78. The molecule has 7 heteroatoms. The van der Waals surface area contributed by atoms with E-state index in [-0.39, 0.29) is 12.5 Å². The first kappa shape index (κ1) is 19.6. The highest BCUT2D eigenvalue weighted by atomic mass is 35.5. The fraction of sp³-hybridized carbons (Fsp3) is 0.300. The molecule has 0 unspecified atom stereocenters. The van der Waals surface area contributed by atoms with Gasteiger partial charge in [0.2, 0.25) is 0 Å². The van der Waals surface area contributed by atoms with Crippen LogP contribution in [0.3, 0.4) is 0 Å². The van der Waals surface area contributed by atoms with Crippen molar-refractivity contribution in [1.29, 1.82) is 0 Å². The number of carbonyl (C=O) groups excluding carboxylic acids is 1. The lowest BCUT2D eigenvalue weighted by Gasteiger charge is -2.34. The van der Waals surface area contributed by atoms with Crippen molar-refractivity contribution < 1.29 is 9.53 Å². The van der Waals surface area contributed by atoms with Crippen molar-refractivity contribution in [3.63, 3.8) is 0 Å². The van der Waals surface area contributed by atoms with Crippen LogP contribution in [0.15, 0.2) is 48.5 Å². The molecule has 27 heavy (non-hydrogen) atoms. The average Bonchev–Trinajstić information content (AvgIpc) is 2.69. The van der Waals surface area contributed by atoms with Crippen molar-refractivity contribution in [3.8, 4) is 5.75 Å². The number of rotatable bonds is 5. The summed E-state index contributed by atoms with van der Waals surface area (Å²) in [7, 11) is 2.12. The van der Waals surface area contributed by atoms with E-state index >= 15 is 0 Å². The Hall–Kier alpha value is -2.15. The summed E-state index contributed by atoms with van der Waals surface area (Å²) in [6.07, 6.45) is 0. The van der Waals surface area contributed by atoms with Crippen LogP contribution in [-0.4, -0.2) is 60.5 Å². The number of para-hydroxylation sites is 1. The van der Waals surface area contributed by atoms with Gasteiger partial charge in [0.25, 0.3) is 5.91 Å². The third kappa shape index (κ3) is 5.42. The quantitative estimate of drug-likeness (QED) is 0.776. The predicted molar refractivity (Wildman–Crippen MR) is 113 cm³/mol. The Bertz CT molecular complexity index is 805. The number of nitrogens with zero attached hydrogens (tertiary/aromatic N) is 2. The second-order valence-corrected chi connectivity index (χ2v) is 7.23. The van der Waals surface area contributed by atoms with Gasteiger partial charge >= 0.3 is 0 Å². The normalized spacial score (nSPS) is 14.7. The zero-order valence-electron chi connectivity index (χ0n) is 15.2. The van der Waals surface area contributed by atoms with E-state index in [1.54, 1.807) is 12.1 Å². The number of likely N-dealkylation sites (N-methyl/N-ethyl adjacent to an activating group) is 1. The lowest BCUT2D eigenvalue weighted by atomic mass is 10.2. The fourth-order valence-corrected chi connectivity index (χ4v) is 3.29. The molecule has 0 spiro atoms. The van der Waals surface area contributed by atoms with Crippen LogP contribution in [0.5, 0.6) is 5.75 Å². The Balaban J connectivity index is 1.51. The SMILES string of the molecule is CN1CCN(C(=S)c2ccc(OCC(=O)Nc3ccccc3Cl)cc2)CC1. The number of hydrogen-bond acceptors (Lipinski definition) is 4. The van der Waals surface area contributed by atoms with E-state index < -0.39 is 0 Å². The molecular weight excluding hydrogens is 382 g/mol. The molecule has 5 nitrogen and oxygen atoms in total. The van der Waals surface area contributed by atoms with Crippen LogP contribution in [0.25, 0.3) is 0 Å². The molecule has 3 rings (SSSR count). The van der Waals surface area contributed by atoms with E-state index in [9.17, 15) is 4.79 Å². The van der Waals surface area contributed by atoms with Gasteiger partial charge in [-0.15, -0.1) is 0 Å². The Morgan fingerprint density at radius 3 is 2.44 bits per heavy atom. The lowest BCUT2D eigenvalue weighted by Crippen LogP contribution is -2.46.